The third-order valence-electron chi connectivity index (χ3n) is 5.72. The number of aryl methyl sites for hydroxylation is 1. The van der Waals surface area contributed by atoms with Gasteiger partial charge in [0, 0.05) is 35.4 Å². The zero-order valence-electron chi connectivity index (χ0n) is 17.2. The topological polar surface area (TPSA) is 85.0 Å². The fourth-order valence-electron chi connectivity index (χ4n) is 4.44. The number of hydrazone groups is 1. The molecule has 2 aliphatic rings. The monoisotopic (exact) mass is 405 g/mol. The fraction of sp³-hybridized carbons (Fsp3) is 0.304. The number of nitrogens with zero attached hydrogens (tertiary/aromatic N) is 3. The number of allylic oxidation sites excluding steroid dienone is 2. The molecule has 154 valence electrons. The highest BCUT2D eigenvalue weighted by atomic mass is 16.6. The largest absolute Gasteiger partial charge is 0.497 e. The Morgan fingerprint density at radius 1 is 1.27 bits per heavy atom. The number of carbonyl (C=O) groups excluding carboxylic acids is 1. The first-order valence-corrected chi connectivity index (χ1v) is 9.87. The van der Waals surface area contributed by atoms with E-state index in [4.69, 9.17) is 9.84 Å². The van der Waals surface area contributed by atoms with Crippen LogP contribution in [0.5, 0.6) is 5.75 Å². The summed E-state index contributed by atoms with van der Waals surface area (Å²) in [6.07, 6.45) is 3.28. The second-order valence-electron chi connectivity index (χ2n) is 7.69. The number of rotatable bonds is 5. The van der Waals surface area contributed by atoms with Crippen LogP contribution in [-0.2, 0) is 11.2 Å². The van der Waals surface area contributed by atoms with Gasteiger partial charge in [0.25, 0.3) is 5.69 Å². The molecule has 0 radical (unpaired) electrons. The molecule has 7 nitrogen and oxygen atoms in total. The Bertz CT molecular complexity index is 1090. The van der Waals surface area contributed by atoms with E-state index in [2.05, 4.69) is 0 Å². The first-order valence-electron chi connectivity index (χ1n) is 9.87. The van der Waals surface area contributed by atoms with Crippen LogP contribution in [0.15, 0.2) is 59.3 Å². The summed E-state index contributed by atoms with van der Waals surface area (Å²) in [4.78, 5) is 22.7. The Balaban J connectivity index is 1.83. The van der Waals surface area contributed by atoms with Gasteiger partial charge in [0.2, 0.25) is 0 Å². The molecule has 1 aliphatic carbocycles. The van der Waals surface area contributed by atoms with Crippen molar-refractivity contribution in [1.29, 1.82) is 0 Å². The van der Waals surface area contributed by atoms with Gasteiger partial charge in [0.05, 0.1) is 23.8 Å². The van der Waals surface area contributed by atoms with Crippen LogP contribution in [-0.4, -0.2) is 28.5 Å². The highest BCUT2D eigenvalue weighted by Crippen LogP contribution is 2.45. The smallest absolute Gasteiger partial charge is 0.269 e. The zero-order valence-corrected chi connectivity index (χ0v) is 17.2. The lowest BCUT2D eigenvalue weighted by Gasteiger charge is -2.31. The van der Waals surface area contributed by atoms with Gasteiger partial charge in [-0.1, -0.05) is 12.1 Å². The van der Waals surface area contributed by atoms with Crippen LogP contribution in [0.25, 0.3) is 0 Å². The van der Waals surface area contributed by atoms with Gasteiger partial charge < -0.3 is 4.74 Å². The first-order chi connectivity index (χ1) is 14.4. The number of hydrogen-bond acceptors (Lipinski definition) is 6. The van der Waals surface area contributed by atoms with E-state index in [9.17, 15) is 14.9 Å². The minimum absolute atomic E-state index is 0.0510. The predicted octanol–water partition coefficient (Wildman–Crippen LogP) is 4.42. The normalized spacial score (nSPS) is 20.3. The molecule has 2 atom stereocenters. The average molecular weight is 405 g/mol. The summed E-state index contributed by atoms with van der Waals surface area (Å²) >= 11 is 0. The van der Waals surface area contributed by atoms with Crippen molar-refractivity contribution in [1.82, 2.24) is 5.01 Å². The zero-order chi connectivity index (χ0) is 21.4. The standard InChI is InChI=1S/C23H23N3O4/c1-14(11-15(2)27)25-23(17-5-4-6-18(12-17)26(28)29)21-9-7-16-13-19(30-3)8-10-20(16)22(21)24-25/h4-6,8,10-13,21,23H,7,9H2,1-3H3/b14-11+/t21-,23-/m0/s1. The van der Waals surface area contributed by atoms with Crippen LogP contribution >= 0.6 is 0 Å². The highest BCUT2D eigenvalue weighted by molar-refractivity contribution is 6.06. The first kappa shape index (κ1) is 19.8. The van der Waals surface area contributed by atoms with Crippen molar-refractivity contribution in [2.45, 2.75) is 32.7 Å². The number of benzene rings is 2. The SMILES string of the molecule is COc1ccc2c(c1)CC[C@H]1C2=NN(/C(C)=C/C(C)=O)[C@H]1c1cccc([N+](=O)[O-])c1. The lowest BCUT2D eigenvalue weighted by atomic mass is 9.77. The molecule has 0 N–H and O–H groups in total. The number of ether oxygens (including phenoxy) is 1. The number of methoxy groups -OCH3 is 1. The summed E-state index contributed by atoms with van der Waals surface area (Å²) < 4.78 is 5.36. The number of carbonyl (C=O) groups is 1. The molecule has 1 heterocycles. The molecule has 0 bridgehead atoms. The van der Waals surface area contributed by atoms with Crippen LogP contribution in [0, 0.1) is 16.0 Å². The van der Waals surface area contributed by atoms with Gasteiger partial charge in [-0.15, -0.1) is 0 Å². The molecule has 0 fully saturated rings. The van der Waals surface area contributed by atoms with Gasteiger partial charge >= 0.3 is 0 Å². The number of non-ortho nitro benzene ring substituents is 1. The van der Waals surface area contributed by atoms with Crippen LogP contribution in [0.2, 0.25) is 0 Å². The Kier molecular flexibility index (Phi) is 5.11. The third-order valence-corrected chi connectivity index (χ3v) is 5.72. The summed E-state index contributed by atoms with van der Waals surface area (Å²) in [6, 6.07) is 12.5. The molecule has 0 aromatic heterocycles. The molecule has 0 amide bonds. The summed E-state index contributed by atoms with van der Waals surface area (Å²) in [5, 5.41) is 18.1. The molecule has 0 spiro atoms. The predicted molar refractivity (Wildman–Crippen MR) is 113 cm³/mol. The van der Waals surface area contributed by atoms with Crippen molar-refractivity contribution in [3.8, 4) is 5.75 Å². The maximum absolute atomic E-state index is 11.7. The Labute approximate surface area is 174 Å². The summed E-state index contributed by atoms with van der Waals surface area (Å²) in [6.45, 7) is 3.35. The highest BCUT2D eigenvalue weighted by Gasteiger charge is 2.42. The Hall–Kier alpha value is -3.48. The lowest BCUT2D eigenvalue weighted by Crippen LogP contribution is -2.28. The molecule has 1 aliphatic heterocycles. The number of fused-ring (bicyclic) bond motifs is 3. The molecular weight excluding hydrogens is 382 g/mol. The Morgan fingerprint density at radius 2 is 2.07 bits per heavy atom. The average Bonchev–Trinajstić information content (AvgIpc) is 3.13. The van der Waals surface area contributed by atoms with Crippen molar-refractivity contribution in [2.24, 2.45) is 11.0 Å². The van der Waals surface area contributed by atoms with E-state index in [0.29, 0.717) is 0 Å². The van der Waals surface area contributed by atoms with Gasteiger partial charge in [0.15, 0.2) is 5.78 Å². The molecule has 30 heavy (non-hydrogen) atoms. The second-order valence-corrected chi connectivity index (χ2v) is 7.69. The number of nitro benzene ring substituents is 1. The van der Waals surface area contributed by atoms with Crippen molar-refractivity contribution < 1.29 is 14.5 Å². The molecule has 0 saturated carbocycles. The van der Waals surface area contributed by atoms with Crippen LogP contribution in [0.3, 0.4) is 0 Å². The number of hydrogen-bond donors (Lipinski definition) is 0. The van der Waals surface area contributed by atoms with Crippen molar-refractivity contribution in [3.05, 3.63) is 81.0 Å². The van der Waals surface area contributed by atoms with Crippen molar-refractivity contribution >= 4 is 17.2 Å². The maximum Gasteiger partial charge on any atom is 0.269 e. The minimum atomic E-state index is -0.384. The van der Waals surface area contributed by atoms with Gasteiger partial charge in [-0.05, 0) is 56.0 Å². The van der Waals surface area contributed by atoms with Crippen molar-refractivity contribution in [2.75, 3.05) is 7.11 Å². The van der Waals surface area contributed by atoms with E-state index in [1.807, 2.05) is 36.2 Å². The number of ketones is 1. The third kappa shape index (κ3) is 3.47. The van der Waals surface area contributed by atoms with Crippen LogP contribution in [0.4, 0.5) is 5.69 Å². The van der Waals surface area contributed by atoms with Gasteiger partial charge in [-0.25, -0.2) is 0 Å². The quantitative estimate of drug-likeness (QED) is 0.418. The Morgan fingerprint density at radius 3 is 2.77 bits per heavy atom. The molecule has 7 heteroatoms. The minimum Gasteiger partial charge on any atom is -0.497 e. The molecular formula is C23H23N3O4. The maximum atomic E-state index is 11.7. The van der Waals surface area contributed by atoms with E-state index in [1.54, 1.807) is 25.3 Å². The molecule has 4 rings (SSSR count). The van der Waals surface area contributed by atoms with Crippen molar-refractivity contribution in [3.63, 3.8) is 0 Å². The molecule has 0 saturated heterocycles. The molecule has 2 aromatic rings. The van der Waals surface area contributed by atoms with Gasteiger partial charge in [-0.3, -0.25) is 19.9 Å². The van der Waals surface area contributed by atoms with Gasteiger partial charge in [0.1, 0.15) is 5.75 Å². The van der Waals surface area contributed by atoms with E-state index in [0.717, 1.165) is 41.1 Å². The van der Waals surface area contributed by atoms with E-state index >= 15 is 0 Å². The molecule has 0 unspecified atom stereocenters. The lowest BCUT2D eigenvalue weighted by molar-refractivity contribution is -0.385. The second kappa shape index (κ2) is 7.74. The van der Waals surface area contributed by atoms with Crippen LogP contribution < -0.4 is 4.74 Å². The molecule has 2 aromatic carbocycles. The summed E-state index contributed by atoms with van der Waals surface area (Å²) in [5.74, 6) is 0.819. The van der Waals surface area contributed by atoms with E-state index in [1.165, 1.54) is 18.6 Å². The fourth-order valence-corrected chi connectivity index (χ4v) is 4.44. The summed E-state index contributed by atoms with van der Waals surface area (Å²) in [5.41, 5.74) is 4.79. The van der Waals surface area contributed by atoms with Gasteiger partial charge in [-0.2, -0.15) is 5.10 Å². The summed E-state index contributed by atoms with van der Waals surface area (Å²) in [7, 11) is 1.65. The van der Waals surface area contributed by atoms with E-state index < -0.39 is 0 Å². The van der Waals surface area contributed by atoms with E-state index in [-0.39, 0.29) is 28.4 Å². The van der Waals surface area contributed by atoms with Crippen LogP contribution in [0.1, 0.15) is 43.0 Å². The number of nitro groups is 1.